The fourth-order valence-corrected chi connectivity index (χ4v) is 3.04. The van der Waals surface area contributed by atoms with Gasteiger partial charge in [-0.25, -0.2) is 0 Å². The van der Waals surface area contributed by atoms with Crippen molar-refractivity contribution in [2.45, 2.75) is 19.3 Å². The number of hydrogen-bond donors (Lipinski definition) is 0. The van der Waals surface area contributed by atoms with Crippen LogP contribution in [0.1, 0.15) is 29.5 Å². The molecule has 0 aliphatic heterocycles. The maximum absolute atomic E-state index is 11.7. The molecule has 1 aromatic carbocycles. The summed E-state index contributed by atoms with van der Waals surface area (Å²) in [7, 11) is 0. The number of nitrogens with zero attached hydrogens (tertiary/aromatic N) is 1. The van der Waals surface area contributed by atoms with Gasteiger partial charge in [0.25, 0.3) is 0 Å². The minimum absolute atomic E-state index is 0.0579. The maximum atomic E-state index is 11.7. The standard InChI is InChI=1S/C14H13NO2/c1-2-17-14(16)13-11-6-9-5-8(7-15)3-4-10(9)12(11)13/h3-5,11-13H,2,6H2,1H3/t11?,12?,13-/m1/s1. The summed E-state index contributed by atoms with van der Waals surface area (Å²) in [6, 6.07) is 7.93. The van der Waals surface area contributed by atoms with Gasteiger partial charge in [-0.2, -0.15) is 5.26 Å². The van der Waals surface area contributed by atoms with Crippen LogP contribution >= 0.6 is 0 Å². The Morgan fingerprint density at radius 1 is 1.59 bits per heavy atom. The molecule has 2 aliphatic carbocycles. The Morgan fingerprint density at radius 3 is 3.12 bits per heavy atom. The number of hydrogen-bond acceptors (Lipinski definition) is 3. The lowest BCUT2D eigenvalue weighted by atomic mass is 10.00. The van der Waals surface area contributed by atoms with Crippen molar-refractivity contribution in [1.29, 1.82) is 5.26 Å². The molecule has 17 heavy (non-hydrogen) atoms. The third-order valence-corrected chi connectivity index (χ3v) is 3.81. The van der Waals surface area contributed by atoms with Crippen LogP contribution in [0.15, 0.2) is 18.2 Å². The molecule has 1 saturated carbocycles. The summed E-state index contributed by atoms with van der Waals surface area (Å²) >= 11 is 0. The highest BCUT2D eigenvalue weighted by molar-refractivity contribution is 5.79. The van der Waals surface area contributed by atoms with E-state index in [9.17, 15) is 4.79 Å². The lowest BCUT2D eigenvalue weighted by Gasteiger charge is -2.07. The summed E-state index contributed by atoms with van der Waals surface area (Å²) < 4.78 is 5.07. The fraction of sp³-hybridized carbons (Fsp3) is 0.429. The van der Waals surface area contributed by atoms with Gasteiger partial charge in [0.05, 0.1) is 24.2 Å². The quantitative estimate of drug-likeness (QED) is 0.726. The molecule has 0 amide bonds. The monoisotopic (exact) mass is 227 g/mol. The Balaban J connectivity index is 1.83. The number of carbonyl (C=O) groups excluding carboxylic acids is 1. The van der Waals surface area contributed by atoms with Crippen molar-refractivity contribution >= 4 is 5.97 Å². The minimum Gasteiger partial charge on any atom is -0.466 e. The van der Waals surface area contributed by atoms with Crippen LogP contribution in [0, 0.1) is 23.2 Å². The number of carbonyl (C=O) groups is 1. The molecule has 0 bridgehead atoms. The van der Waals surface area contributed by atoms with E-state index < -0.39 is 0 Å². The molecule has 1 aromatic rings. The van der Waals surface area contributed by atoms with Gasteiger partial charge in [-0.3, -0.25) is 4.79 Å². The topological polar surface area (TPSA) is 50.1 Å². The average molecular weight is 227 g/mol. The van der Waals surface area contributed by atoms with Crippen LogP contribution in [0.2, 0.25) is 0 Å². The van der Waals surface area contributed by atoms with E-state index in [-0.39, 0.29) is 11.9 Å². The Hall–Kier alpha value is -1.82. The summed E-state index contributed by atoms with van der Waals surface area (Å²) in [5.41, 5.74) is 3.18. The van der Waals surface area contributed by atoms with E-state index in [1.807, 2.05) is 25.1 Å². The summed E-state index contributed by atoms with van der Waals surface area (Å²) in [5, 5.41) is 8.83. The van der Waals surface area contributed by atoms with Crippen LogP contribution in [0.4, 0.5) is 0 Å². The molecule has 3 nitrogen and oxygen atoms in total. The van der Waals surface area contributed by atoms with E-state index in [1.54, 1.807) is 0 Å². The van der Waals surface area contributed by atoms with Gasteiger partial charge in [0.1, 0.15) is 0 Å². The second-order valence-corrected chi connectivity index (χ2v) is 4.70. The van der Waals surface area contributed by atoms with Crippen LogP contribution in [0.3, 0.4) is 0 Å². The van der Waals surface area contributed by atoms with E-state index in [0.717, 1.165) is 6.42 Å². The first kappa shape index (κ1) is 10.3. The van der Waals surface area contributed by atoms with Crippen molar-refractivity contribution in [3.05, 3.63) is 34.9 Å². The molecular weight excluding hydrogens is 214 g/mol. The summed E-state index contributed by atoms with van der Waals surface area (Å²) in [6.45, 7) is 2.29. The predicted octanol–water partition coefficient (Wildman–Crippen LogP) is 2.01. The summed E-state index contributed by atoms with van der Waals surface area (Å²) in [5.74, 6) is 0.766. The first-order valence-electron chi connectivity index (χ1n) is 5.95. The van der Waals surface area contributed by atoms with Gasteiger partial charge in [0.15, 0.2) is 0 Å². The van der Waals surface area contributed by atoms with Crippen molar-refractivity contribution in [1.82, 2.24) is 0 Å². The molecule has 0 heterocycles. The molecule has 0 spiro atoms. The molecular formula is C14H13NO2. The first-order valence-corrected chi connectivity index (χ1v) is 5.95. The summed E-state index contributed by atoms with van der Waals surface area (Å²) in [6.07, 6.45) is 0.916. The van der Waals surface area contributed by atoms with E-state index in [4.69, 9.17) is 10.00 Å². The average Bonchev–Trinajstić information content (AvgIpc) is 2.92. The van der Waals surface area contributed by atoms with Crippen molar-refractivity contribution in [2.24, 2.45) is 11.8 Å². The van der Waals surface area contributed by atoms with Gasteiger partial charge >= 0.3 is 5.97 Å². The summed E-state index contributed by atoms with van der Waals surface area (Å²) in [4.78, 5) is 11.7. The number of ether oxygens (including phenoxy) is 1. The molecule has 2 aliphatic rings. The Bertz CT molecular complexity index is 530. The highest BCUT2D eigenvalue weighted by Crippen LogP contribution is 2.61. The Labute approximate surface area is 100 Å². The first-order chi connectivity index (χ1) is 8.26. The van der Waals surface area contributed by atoms with Gasteiger partial charge < -0.3 is 4.74 Å². The Kier molecular flexibility index (Phi) is 2.19. The highest BCUT2D eigenvalue weighted by atomic mass is 16.5. The molecule has 2 unspecified atom stereocenters. The molecule has 86 valence electrons. The van der Waals surface area contributed by atoms with Gasteiger partial charge in [-0.15, -0.1) is 0 Å². The van der Waals surface area contributed by atoms with Crippen LogP contribution in [-0.2, 0) is 16.0 Å². The second kappa shape index (κ2) is 3.59. The lowest BCUT2D eigenvalue weighted by Crippen LogP contribution is -2.10. The van der Waals surface area contributed by atoms with Gasteiger partial charge in [-0.1, -0.05) is 6.07 Å². The van der Waals surface area contributed by atoms with E-state index in [2.05, 4.69) is 6.07 Å². The number of fused-ring (bicyclic) bond motifs is 3. The number of benzene rings is 1. The van der Waals surface area contributed by atoms with Gasteiger partial charge in [0, 0.05) is 5.92 Å². The van der Waals surface area contributed by atoms with Crippen molar-refractivity contribution in [3.8, 4) is 6.07 Å². The zero-order valence-electron chi connectivity index (χ0n) is 9.64. The Morgan fingerprint density at radius 2 is 2.41 bits per heavy atom. The third-order valence-electron chi connectivity index (χ3n) is 3.81. The molecule has 0 N–H and O–H groups in total. The molecule has 3 atom stereocenters. The smallest absolute Gasteiger partial charge is 0.309 e. The molecule has 0 radical (unpaired) electrons. The largest absolute Gasteiger partial charge is 0.466 e. The minimum atomic E-state index is -0.0579. The molecule has 0 saturated heterocycles. The van der Waals surface area contributed by atoms with Gasteiger partial charge in [-0.05, 0) is 42.5 Å². The van der Waals surface area contributed by atoms with Crippen molar-refractivity contribution < 1.29 is 9.53 Å². The SMILES string of the molecule is CCOC(=O)[C@@H]1C2Cc3cc(C#N)ccc3C21. The van der Waals surface area contributed by atoms with Crippen LogP contribution in [0.5, 0.6) is 0 Å². The fourth-order valence-electron chi connectivity index (χ4n) is 3.04. The number of nitriles is 1. The van der Waals surface area contributed by atoms with Crippen LogP contribution < -0.4 is 0 Å². The lowest BCUT2D eigenvalue weighted by molar-refractivity contribution is -0.145. The van der Waals surface area contributed by atoms with Crippen molar-refractivity contribution in [2.75, 3.05) is 6.61 Å². The number of rotatable bonds is 2. The zero-order chi connectivity index (χ0) is 12.0. The van der Waals surface area contributed by atoms with Crippen LogP contribution in [-0.4, -0.2) is 12.6 Å². The predicted molar refractivity (Wildman–Crippen MR) is 61.2 cm³/mol. The molecule has 3 rings (SSSR count). The van der Waals surface area contributed by atoms with E-state index in [0.29, 0.717) is 24.0 Å². The highest BCUT2D eigenvalue weighted by Gasteiger charge is 2.60. The van der Waals surface area contributed by atoms with Crippen molar-refractivity contribution in [3.63, 3.8) is 0 Å². The van der Waals surface area contributed by atoms with E-state index >= 15 is 0 Å². The van der Waals surface area contributed by atoms with E-state index in [1.165, 1.54) is 11.1 Å². The van der Waals surface area contributed by atoms with Gasteiger partial charge in [0.2, 0.25) is 0 Å². The zero-order valence-corrected chi connectivity index (χ0v) is 9.64. The molecule has 0 aromatic heterocycles. The second-order valence-electron chi connectivity index (χ2n) is 4.70. The number of esters is 1. The molecule has 1 fully saturated rings. The normalized spacial score (nSPS) is 27.9. The third kappa shape index (κ3) is 1.44. The van der Waals surface area contributed by atoms with Crippen LogP contribution in [0.25, 0.3) is 0 Å². The maximum Gasteiger partial charge on any atom is 0.309 e. The molecule has 3 heteroatoms.